The van der Waals surface area contributed by atoms with Crippen molar-refractivity contribution in [2.45, 2.75) is 77.2 Å². The Morgan fingerprint density at radius 2 is 1.48 bits per heavy atom. The average molecular weight is 393 g/mol. The van der Waals surface area contributed by atoms with Crippen molar-refractivity contribution >= 4 is 16.4 Å². The molecule has 0 aromatic rings. The van der Waals surface area contributed by atoms with Crippen molar-refractivity contribution in [1.29, 1.82) is 0 Å². The molecule has 0 bridgehead atoms. The molecule has 1 atom stereocenters. The van der Waals surface area contributed by atoms with Crippen molar-refractivity contribution in [3.8, 4) is 0 Å². The second-order valence-corrected chi connectivity index (χ2v) is 6.53. The second kappa shape index (κ2) is 20.6. The summed E-state index contributed by atoms with van der Waals surface area (Å²) < 4.78 is 32.6. The molecule has 0 radical (unpaired) electrons. The van der Waals surface area contributed by atoms with Gasteiger partial charge in [-0.15, -0.1) is 0 Å². The van der Waals surface area contributed by atoms with Crippen LogP contribution >= 0.6 is 0 Å². The van der Waals surface area contributed by atoms with Crippen molar-refractivity contribution in [2.24, 2.45) is 0 Å². The van der Waals surface area contributed by atoms with E-state index in [-0.39, 0.29) is 36.0 Å². The smallest absolute Gasteiger partial charge is 0.726 e. The number of rotatable bonds is 14. The quantitative estimate of drug-likeness (QED) is 0.142. The summed E-state index contributed by atoms with van der Waals surface area (Å²) in [6.07, 6.45) is 9.83. The SMILES string of the molecule is CCCCCCCCCCCC(=O)[O-].O=S(=O)([O-])OCC(O)CO.[Na+]. The number of hydrogen-bond donors (Lipinski definition) is 2. The first kappa shape index (κ1) is 30.0. The van der Waals surface area contributed by atoms with Crippen LogP contribution in [0.5, 0.6) is 0 Å². The Morgan fingerprint density at radius 1 is 1.04 bits per heavy atom. The van der Waals surface area contributed by atoms with Crippen LogP contribution in [-0.2, 0) is 19.4 Å². The number of carbonyl (C=O) groups excluding carboxylic acids is 1. The van der Waals surface area contributed by atoms with E-state index in [1.54, 1.807) is 0 Å². The van der Waals surface area contributed by atoms with Crippen LogP contribution in [0.3, 0.4) is 0 Å². The minimum Gasteiger partial charge on any atom is -0.726 e. The Kier molecular flexibility index (Phi) is 24.7. The number of carbonyl (C=O) groups is 1. The molecule has 0 heterocycles. The molecule has 0 aliphatic rings. The fraction of sp³-hybridized carbons (Fsp3) is 0.933. The van der Waals surface area contributed by atoms with Gasteiger partial charge in [-0.2, -0.15) is 0 Å². The third kappa shape index (κ3) is 32.4. The predicted molar refractivity (Wildman–Crippen MR) is 85.6 cm³/mol. The van der Waals surface area contributed by atoms with Crippen molar-refractivity contribution in [2.75, 3.05) is 13.2 Å². The largest absolute Gasteiger partial charge is 1.00 e. The van der Waals surface area contributed by atoms with E-state index in [4.69, 9.17) is 10.2 Å². The fourth-order valence-electron chi connectivity index (χ4n) is 1.79. The van der Waals surface area contributed by atoms with Gasteiger partial charge in [0.1, 0.15) is 6.10 Å². The first-order valence-electron chi connectivity index (χ1n) is 8.32. The van der Waals surface area contributed by atoms with Crippen LogP contribution in [-0.4, -0.2) is 48.5 Å². The molecule has 10 heteroatoms. The van der Waals surface area contributed by atoms with Gasteiger partial charge in [0.15, 0.2) is 0 Å². The molecule has 0 aliphatic carbocycles. The molecule has 8 nitrogen and oxygen atoms in total. The maximum Gasteiger partial charge on any atom is 1.00 e. The molecule has 0 saturated carbocycles. The maximum absolute atomic E-state index is 10.1. The van der Waals surface area contributed by atoms with Crippen LogP contribution in [0.15, 0.2) is 0 Å². The van der Waals surface area contributed by atoms with Gasteiger partial charge in [-0.1, -0.05) is 58.3 Å². The minimum absolute atomic E-state index is 0. The molecule has 146 valence electrons. The number of aliphatic carboxylic acids is 1. The van der Waals surface area contributed by atoms with Crippen LogP contribution in [0.2, 0.25) is 0 Å². The van der Waals surface area contributed by atoms with Gasteiger partial charge in [0.25, 0.3) is 0 Å². The van der Waals surface area contributed by atoms with E-state index < -0.39 is 35.7 Å². The van der Waals surface area contributed by atoms with Gasteiger partial charge in [-0.25, -0.2) is 8.42 Å². The topological polar surface area (TPSA) is 147 Å². The molecule has 0 rings (SSSR count). The molecule has 0 spiro atoms. The standard InChI is InChI=1S/C12H24O2.C3H8O6S.Na/c1-2-3-4-5-6-7-8-9-10-11-12(13)14;4-1-3(5)2-9-10(6,7)8;/h2-11H2,1H3,(H,13,14);3-5H,1-2H2,(H,6,7,8);/q;;+1/p-2. The van der Waals surface area contributed by atoms with Gasteiger partial charge in [0.05, 0.1) is 13.2 Å². The van der Waals surface area contributed by atoms with E-state index in [0.717, 1.165) is 12.8 Å². The molecule has 0 saturated heterocycles. The third-order valence-electron chi connectivity index (χ3n) is 3.10. The summed E-state index contributed by atoms with van der Waals surface area (Å²) in [7, 11) is -4.75. The summed E-state index contributed by atoms with van der Waals surface area (Å²) in [6.45, 7) is 0.873. The zero-order valence-electron chi connectivity index (χ0n) is 15.3. The summed E-state index contributed by atoms with van der Waals surface area (Å²) in [5.74, 6) is -0.909. The van der Waals surface area contributed by atoms with Crippen molar-refractivity contribution < 1.29 is 66.8 Å². The Bertz CT molecular complexity index is 389. The predicted octanol–water partition coefficient (Wildman–Crippen LogP) is -2.52. The summed E-state index contributed by atoms with van der Waals surface area (Å²) in [4.78, 5) is 10.1. The van der Waals surface area contributed by atoms with E-state index in [0.29, 0.717) is 0 Å². The molecule has 25 heavy (non-hydrogen) atoms. The first-order valence-corrected chi connectivity index (χ1v) is 9.65. The molecular weight excluding hydrogens is 363 g/mol. The van der Waals surface area contributed by atoms with Gasteiger partial charge in [0, 0.05) is 5.97 Å². The van der Waals surface area contributed by atoms with Gasteiger partial charge in [-0.05, 0) is 12.8 Å². The van der Waals surface area contributed by atoms with Gasteiger partial charge in [0.2, 0.25) is 10.4 Å². The van der Waals surface area contributed by atoms with E-state index in [1.807, 2.05) is 0 Å². The number of hydrogen-bond acceptors (Lipinski definition) is 8. The van der Waals surface area contributed by atoms with Gasteiger partial charge < -0.3 is 24.7 Å². The Hall–Kier alpha value is 0.260. The second-order valence-electron chi connectivity index (χ2n) is 5.48. The summed E-state index contributed by atoms with van der Waals surface area (Å²) in [5.41, 5.74) is 0. The van der Waals surface area contributed by atoms with Gasteiger partial charge in [-0.3, -0.25) is 4.18 Å². The van der Waals surface area contributed by atoms with E-state index >= 15 is 0 Å². The van der Waals surface area contributed by atoms with Gasteiger partial charge >= 0.3 is 29.6 Å². The molecule has 0 aromatic carbocycles. The Labute approximate surface area is 173 Å². The monoisotopic (exact) mass is 393 g/mol. The first-order chi connectivity index (χ1) is 11.2. The van der Waals surface area contributed by atoms with E-state index in [9.17, 15) is 22.9 Å². The number of aliphatic hydroxyl groups is 2. The summed E-state index contributed by atoms with van der Waals surface area (Å²) in [5, 5.41) is 26.6. The molecule has 0 fully saturated rings. The maximum atomic E-state index is 10.1. The van der Waals surface area contributed by atoms with Crippen LogP contribution in [0.4, 0.5) is 0 Å². The van der Waals surface area contributed by atoms with Crippen LogP contribution < -0.4 is 34.7 Å². The zero-order valence-corrected chi connectivity index (χ0v) is 18.1. The van der Waals surface area contributed by atoms with E-state index in [2.05, 4.69) is 11.1 Å². The number of carboxylic acids is 1. The normalized spacial score (nSPS) is 11.8. The Morgan fingerprint density at radius 3 is 1.84 bits per heavy atom. The average Bonchev–Trinajstić information content (AvgIpc) is 2.50. The molecular formula is C15H30NaO8S-. The molecule has 2 N–H and O–H groups in total. The molecule has 1 unspecified atom stereocenters. The number of aliphatic hydroxyl groups excluding tert-OH is 2. The zero-order chi connectivity index (χ0) is 18.8. The van der Waals surface area contributed by atoms with Crippen LogP contribution in [0, 0.1) is 0 Å². The molecule has 0 amide bonds. The number of unbranched alkanes of at least 4 members (excludes halogenated alkanes) is 8. The number of carboxylic acid groups (broad SMARTS) is 1. The Balaban J connectivity index is -0.000000392. The fourth-order valence-corrected chi connectivity index (χ4v) is 2.12. The van der Waals surface area contributed by atoms with Crippen molar-refractivity contribution in [1.82, 2.24) is 0 Å². The van der Waals surface area contributed by atoms with Crippen molar-refractivity contribution in [3.05, 3.63) is 0 Å². The minimum atomic E-state index is -4.75. The third-order valence-corrected chi connectivity index (χ3v) is 3.52. The molecule has 0 aliphatic heterocycles. The summed E-state index contributed by atoms with van der Waals surface area (Å²) >= 11 is 0. The van der Waals surface area contributed by atoms with Crippen molar-refractivity contribution in [3.63, 3.8) is 0 Å². The van der Waals surface area contributed by atoms with Crippen LogP contribution in [0.1, 0.15) is 71.1 Å². The van der Waals surface area contributed by atoms with Crippen LogP contribution in [0.25, 0.3) is 0 Å². The molecule has 0 aromatic heterocycles. The van der Waals surface area contributed by atoms with E-state index in [1.165, 1.54) is 44.9 Å². The summed E-state index contributed by atoms with van der Waals surface area (Å²) in [6, 6.07) is 0.